The maximum absolute atomic E-state index is 2.34. The van der Waals surface area contributed by atoms with Crippen molar-refractivity contribution in [3.63, 3.8) is 0 Å². The van der Waals surface area contributed by atoms with E-state index in [4.69, 9.17) is 0 Å². The van der Waals surface area contributed by atoms with Gasteiger partial charge in [-0.1, -0.05) is 225 Å². The van der Waals surface area contributed by atoms with Crippen LogP contribution in [0.4, 0.5) is 0 Å². The zero-order valence-corrected chi connectivity index (χ0v) is 33.1. The Kier molecular flexibility index (Phi) is 12.4. The van der Waals surface area contributed by atoms with Crippen molar-refractivity contribution < 1.29 is 0 Å². The van der Waals surface area contributed by atoms with Crippen molar-refractivity contribution in [1.82, 2.24) is 0 Å². The maximum atomic E-state index is 2.34. The van der Waals surface area contributed by atoms with E-state index < -0.39 is 0 Å². The Labute approximate surface area is 325 Å². The van der Waals surface area contributed by atoms with Crippen LogP contribution >= 0.6 is 0 Å². The molecule has 54 heavy (non-hydrogen) atoms. The van der Waals surface area contributed by atoms with E-state index in [2.05, 4.69) is 173 Å². The molecule has 0 fully saturated rings. The van der Waals surface area contributed by atoms with Gasteiger partial charge in [-0.3, -0.25) is 0 Å². The molecule has 0 nitrogen and oxygen atoms in total. The molecule has 0 bridgehead atoms. The summed E-state index contributed by atoms with van der Waals surface area (Å²) in [5.41, 5.74) is 13.1. The lowest BCUT2D eigenvalue weighted by atomic mass is 9.85. The summed E-state index contributed by atoms with van der Waals surface area (Å²) in [7, 11) is 0. The number of hydrogen-bond acceptors (Lipinski definition) is 0. The Balaban J connectivity index is 1.17. The molecular weight excluding hydrogens is 649 g/mol. The summed E-state index contributed by atoms with van der Waals surface area (Å²) in [4.78, 5) is 0. The van der Waals surface area contributed by atoms with Gasteiger partial charge in [0, 0.05) is 0 Å². The van der Waals surface area contributed by atoms with E-state index in [1.165, 1.54) is 141 Å². The van der Waals surface area contributed by atoms with Gasteiger partial charge in [0.05, 0.1) is 0 Å². The summed E-state index contributed by atoms with van der Waals surface area (Å²) in [6, 6.07) is 55.1. The van der Waals surface area contributed by atoms with Crippen LogP contribution in [0.5, 0.6) is 0 Å². The fourth-order valence-corrected chi connectivity index (χ4v) is 8.63. The van der Waals surface area contributed by atoms with Crippen molar-refractivity contribution in [3.8, 4) is 44.5 Å². The lowest BCUT2D eigenvalue weighted by Gasteiger charge is -2.18. The quantitative estimate of drug-likeness (QED) is 0.0878. The minimum Gasteiger partial charge on any atom is -0.0654 e. The maximum Gasteiger partial charge on any atom is -0.00264 e. The highest BCUT2D eigenvalue weighted by atomic mass is 14.2. The van der Waals surface area contributed by atoms with Crippen LogP contribution in [-0.2, 0) is 12.8 Å². The lowest BCUT2D eigenvalue weighted by Crippen LogP contribution is -2.03. The summed E-state index contributed by atoms with van der Waals surface area (Å²) in [6.07, 6.45) is 12.8. The number of benzene rings is 7. The first kappa shape index (κ1) is 37.4. The van der Waals surface area contributed by atoms with Crippen LogP contribution in [0.15, 0.2) is 146 Å². The molecule has 0 aliphatic rings. The minimum absolute atomic E-state index is 0.784. The van der Waals surface area contributed by atoms with E-state index in [9.17, 15) is 0 Å². The van der Waals surface area contributed by atoms with Crippen LogP contribution in [0.25, 0.3) is 66.1 Å². The molecule has 0 spiro atoms. The summed E-state index contributed by atoms with van der Waals surface area (Å²) in [5.74, 6) is 1.57. The molecule has 0 aromatic heterocycles. The largest absolute Gasteiger partial charge is 0.0654 e. The second-order valence-electron chi connectivity index (χ2n) is 15.6. The standard InChI is InChI=1S/C54H58/c1-5-9-15-39(7-3)37-41-21-25-43(26-22-41)45-29-33-47(34-30-45)53-49-17-11-13-19-51(49)54(52-20-14-12-18-50(52)53)48-35-31-46(32-36-48)44-27-23-42(24-28-44)38-40(8-4)16-10-6-2/h11-14,17-36,39-40H,5-10,15-16,37-38H2,1-4H3. The third-order valence-corrected chi connectivity index (χ3v) is 12.0. The first-order valence-electron chi connectivity index (χ1n) is 20.9. The summed E-state index contributed by atoms with van der Waals surface area (Å²) in [5, 5.41) is 5.17. The molecule has 2 atom stereocenters. The Hall–Kier alpha value is -4.94. The normalized spacial score (nSPS) is 12.7. The van der Waals surface area contributed by atoms with Gasteiger partial charge in [0.25, 0.3) is 0 Å². The van der Waals surface area contributed by atoms with Gasteiger partial charge in [-0.15, -0.1) is 0 Å². The van der Waals surface area contributed by atoms with Crippen molar-refractivity contribution in [3.05, 3.63) is 157 Å². The van der Waals surface area contributed by atoms with Gasteiger partial charge < -0.3 is 0 Å². The Morgan fingerprint density at radius 3 is 0.889 bits per heavy atom. The Bertz CT molecular complexity index is 2020. The van der Waals surface area contributed by atoms with E-state index in [0.717, 1.165) is 11.8 Å². The zero-order valence-electron chi connectivity index (χ0n) is 33.1. The van der Waals surface area contributed by atoms with Crippen LogP contribution < -0.4 is 0 Å². The number of rotatable bonds is 16. The molecule has 0 saturated heterocycles. The second-order valence-corrected chi connectivity index (χ2v) is 15.6. The molecule has 2 unspecified atom stereocenters. The van der Waals surface area contributed by atoms with Gasteiger partial charge in [-0.05, 0) is 102 Å². The summed E-state index contributed by atoms with van der Waals surface area (Å²) >= 11 is 0. The van der Waals surface area contributed by atoms with Crippen molar-refractivity contribution >= 4 is 21.5 Å². The van der Waals surface area contributed by atoms with E-state index in [-0.39, 0.29) is 0 Å². The topological polar surface area (TPSA) is 0 Å². The van der Waals surface area contributed by atoms with Crippen LogP contribution in [0.1, 0.15) is 90.2 Å². The second kappa shape index (κ2) is 17.9. The SMILES string of the molecule is CCCCC(CC)Cc1ccc(-c2ccc(-c3c4ccccc4c(-c4ccc(-c5ccc(CC(CC)CCCC)cc5)cc4)c4ccccc34)cc2)cc1. The molecule has 0 aliphatic heterocycles. The molecule has 0 aliphatic carbocycles. The average Bonchev–Trinajstić information content (AvgIpc) is 3.23. The van der Waals surface area contributed by atoms with Crippen LogP contribution in [0, 0.1) is 11.8 Å². The van der Waals surface area contributed by atoms with E-state index in [0.29, 0.717) is 0 Å². The molecule has 0 N–H and O–H groups in total. The van der Waals surface area contributed by atoms with Crippen molar-refractivity contribution in [1.29, 1.82) is 0 Å². The van der Waals surface area contributed by atoms with Crippen LogP contribution in [-0.4, -0.2) is 0 Å². The highest BCUT2D eigenvalue weighted by molar-refractivity contribution is 6.21. The minimum atomic E-state index is 0.784. The van der Waals surface area contributed by atoms with Gasteiger partial charge in [-0.25, -0.2) is 0 Å². The molecule has 0 heteroatoms. The molecule has 0 amide bonds. The van der Waals surface area contributed by atoms with Gasteiger partial charge in [0.15, 0.2) is 0 Å². The fourth-order valence-electron chi connectivity index (χ4n) is 8.63. The number of hydrogen-bond donors (Lipinski definition) is 0. The molecule has 7 aromatic rings. The summed E-state index contributed by atoms with van der Waals surface area (Å²) < 4.78 is 0. The summed E-state index contributed by atoms with van der Waals surface area (Å²) in [6.45, 7) is 9.27. The van der Waals surface area contributed by atoms with Crippen molar-refractivity contribution in [2.24, 2.45) is 11.8 Å². The zero-order chi connectivity index (χ0) is 37.3. The molecule has 0 radical (unpaired) electrons. The molecule has 0 heterocycles. The first-order valence-corrected chi connectivity index (χ1v) is 20.9. The van der Waals surface area contributed by atoms with Gasteiger partial charge in [0.2, 0.25) is 0 Å². The third kappa shape index (κ3) is 8.39. The molecule has 7 aromatic carbocycles. The van der Waals surface area contributed by atoms with E-state index in [1.807, 2.05) is 0 Å². The third-order valence-electron chi connectivity index (χ3n) is 12.0. The lowest BCUT2D eigenvalue weighted by molar-refractivity contribution is 0.449. The fraction of sp³-hybridized carbons (Fsp3) is 0.296. The predicted molar refractivity (Wildman–Crippen MR) is 237 cm³/mol. The average molecular weight is 707 g/mol. The number of fused-ring (bicyclic) bond motifs is 2. The highest BCUT2D eigenvalue weighted by Crippen LogP contribution is 2.44. The first-order chi connectivity index (χ1) is 26.6. The van der Waals surface area contributed by atoms with Gasteiger partial charge in [0.1, 0.15) is 0 Å². The Morgan fingerprint density at radius 2 is 0.611 bits per heavy atom. The number of unbranched alkanes of at least 4 members (excludes halogenated alkanes) is 2. The highest BCUT2D eigenvalue weighted by Gasteiger charge is 2.17. The molecular formula is C54H58. The monoisotopic (exact) mass is 706 g/mol. The van der Waals surface area contributed by atoms with E-state index in [1.54, 1.807) is 0 Å². The van der Waals surface area contributed by atoms with Crippen molar-refractivity contribution in [2.75, 3.05) is 0 Å². The molecule has 0 saturated carbocycles. The van der Waals surface area contributed by atoms with Crippen LogP contribution in [0.2, 0.25) is 0 Å². The predicted octanol–water partition coefficient (Wildman–Crippen LogP) is 16.2. The molecule has 274 valence electrons. The van der Waals surface area contributed by atoms with Gasteiger partial charge in [-0.2, -0.15) is 0 Å². The van der Waals surface area contributed by atoms with Crippen LogP contribution in [0.3, 0.4) is 0 Å². The smallest absolute Gasteiger partial charge is 0.00264 e. The van der Waals surface area contributed by atoms with Gasteiger partial charge >= 0.3 is 0 Å². The van der Waals surface area contributed by atoms with Crippen molar-refractivity contribution in [2.45, 2.75) is 91.9 Å². The Morgan fingerprint density at radius 1 is 0.333 bits per heavy atom. The van der Waals surface area contributed by atoms with E-state index >= 15 is 0 Å². The molecule has 7 rings (SSSR count).